The molecule has 1 rings (SSSR count). The normalized spacial score (nSPS) is 8.60. The molecule has 0 spiro atoms. The highest BCUT2D eigenvalue weighted by molar-refractivity contribution is 9.10. The Labute approximate surface area is 75.2 Å². The zero-order valence-corrected chi connectivity index (χ0v) is 7.78. The van der Waals surface area contributed by atoms with E-state index in [2.05, 4.69) is 15.9 Å². The summed E-state index contributed by atoms with van der Waals surface area (Å²) in [6, 6.07) is 7.95. The molecule has 0 aromatic heterocycles. The van der Waals surface area contributed by atoms with Crippen LogP contribution in [-0.2, 0) is 6.54 Å². The van der Waals surface area contributed by atoms with Gasteiger partial charge in [-0.3, -0.25) is 0 Å². The van der Waals surface area contributed by atoms with Crippen molar-refractivity contribution in [3.05, 3.63) is 34.3 Å². The Morgan fingerprint density at radius 1 is 1.30 bits per heavy atom. The van der Waals surface area contributed by atoms with Gasteiger partial charge in [-0.1, -0.05) is 34.1 Å². The standard InChI is InChI=1S/C7H8BrN.ClH/c8-7-4-2-1-3-6(7)5-9;/h1-4H,5,9H2;1H/i1+1,2+1,3+1,4+1,6+1,7+1;. The van der Waals surface area contributed by atoms with Crippen molar-refractivity contribution in [1.82, 2.24) is 0 Å². The molecule has 1 nitrogen and oxygen atoms in total. The third-order valence-corrected chi connectivity index (χ3v) is 1.95. The molecule has 0 aliphatic carbocycles. The fourth-order valence-electron chi connectivity index (χ4n) is 0.664. The van der Waals surface area contributed by atoms with Crippen LogP contribution in [0.25, 0.3) is 0 Å². The summed E-state index contributed by atoms with van der Waals surface area (Å²) in [6.07, 6.45) is 0. The summed E-state index contributed by atoms with van der Waals surface area (Å²) in [4.78, 5) is 0. The summed E-state index contributed by atoms with van der Waals surface area (Å²) in [5.41, 5.74) is 6.57. The summed E-state index contributed by atoms with van der Waals surface area (Å²) in [6.45, 7) is 0.599. The Morgan fingerprint density at radius 3 is 2.30 bits per heavy atom. The fourth-order valence-corrected chi connectivity index (χ4v) is 1.11. The second-order valence-electron chi connectivity index (χ2n) is 1.80. The largest absolute Gasteiger partial charge is 0.326 e. The predicted octanol–water partition coefficient (Wildman–Crippen LogP) is 2.33. The van der Waals surface area contributed by atoms with Crippen LogP contribution in [0.4, 0.5) is 0 Å². The van der Waals surface area contributed by atoms with Crippen molar-refractivity contribution >= 4 is 28.3 Å². The summed E-state index contributed by atoms with van der Waals surface area (Å²) in [5, 5.41) is 0. The zero-order chi connectivity index (χ0) is 6.69. The Morgan fingerprint density at radius 2 is 1.90 bits per heavy atom. The monoisotopic (exact) mass is 227 g/mol. The molecule has 1 aromatic carbocycles. The van der Waals surface area contributed by atoms with Crippen LogP contribution in [0.2, 0.25) is 0 Å². The Bertz CT molecular complexity index is 203. The van der Waals surface area contributed by atoms with Gasteiger partial charge < -0.3 is 5.73 Å². The lowest BCUT2D eigenvalue weighted by atomic mass is 10.9. The molecule has 0 saturated heterocycles. The highest BCUT2D eigenvalue weighted by atomic mass is 79.9. The highest BCUT2D eigenvalue weighted by Crippen LogP contribution is 2.14. The zero-order valence-electron chi connectivity index (χ0n) is 5.38. The minimum Gasteiger partial charge on any atom is -0.326 e. The van der Waals surface area contributed by atoms with E-state index in [0.717, 1.165) is 10.0 Å². The number of benzene rings is 1. The van der Waals surface area contributed by atoms with Crippen LogP contribution >= 0.6 is 28.3 Å². The number of halogens is 2. The second kappa shape index (κ2) is 4.72. The molecule has 0 heterocycles. The van der Waals surface area contributed by atoms with Gasteiger partial charge >= 0.3 is 0 Å². The van der Waals surface area contributed by atoms with Gasteiger partial charge in [0, 0.05) is 11.0 Å². The molecule has 2 N–H and O–H groups in total. The van der Waals surface area contributed by atoms with Crippen molar-refractivity contribution in [2.24, 2.45) is 5.73 Å². The van der Waals surface area contributed by atoms with E-state index < -0.39 is 0 Å². The molecule has 0 saturated carbocycles. The molecule has 3 heteroatoms. The van der Waals surface area contributed by atoms with E-state index in [1.165, 1.54) is 0 Å². The van der Waals surface area contributed by atoms with Crippen molar-refractivity contribution < 1.29 is 0 Å². The van der Waals surface area contributed by atoms with Crippen LogP contribution in [0.5, 0.6) is 0 Å². The molecule has 10 heavy (non-hydrogen) atoms. The first-order valence-electron chi connectivity index (χ1n) is 2.78. The minimum atomic E-state index is 0. The smallest absolute Gasteiger partial charge is 0.0220 e. The molecule has 0 unspecified atom stereocenters. The number of nitrogens with two attached hydrogens (primary N) is 1. The average molecular weight is 228 g/mol. The lowest BCUT2D eigenvalue weighted by molar-refractivity contribution is 1.06. The van der Waals surface area contributed by atoms with Crippen molar-refractivity contribution in [3.8, 4) is 0 Å². The first-order chi connectivity index (χ1) is 4.34. The van der Waals surface area contributed by atoms with Crippen LogP contribution in [0, 0.1) is 0 Å². The summed E-state index contributed by atoms with van der Waals surface area (Å²) in [5.74, 6) is 0. The molecule has 0 radical (unpaired) electrons. The third kappa shape index (κ3) is 2.29. The van der Waals surface area contributed by atoms with Crippen LogP contribution in [0.15, 0.2) is 28.7 Å². The van der Waals surface area contributed by atoms with E-state index >= 15 is 0 Å². The van der Waals surface area contributed by atoms with Crippen LogP contribution in [-0.4, -0.2) is 0 Å². The Hall–Kier alpha value is -0.0500. The maximum Gasteiger partial charge on any atom is 0.0220 e. The fraction of sp³-hybridized carbons (Fsp3) is 0.143. The lowest BCUT2D eigenvalue weighted by Crippen LogP contribution is -1.95. The van der Waals surface area contributed by atoms with E-state index in [1.807, 2.05) is 24.3 Å². The molecular weight excluding hydrogens is 219 g/mol. The van der Waals surface area contributed by atoms with Gasteiger partial charge in [0.1, 0.15) is 0 Å². The molecule has 0 amide bonds. The maximum atomic E-state index is 5.42. The molecule has 0 fully saturated rings. The predicted molar refractivity (Wildman–Crippen MR) is 49.3 cm³/mol. The molecule has 56 valence electrons. The van der Waals surface area contributed by atoms with Crippen LogP contribution in [0.3, 0.4) is 0 Å². The van der Waals surface area contributed by atoms with Gasteiger partial charge in [0.2, 0.25) is 0 Å². The molecule has 0 aliphatic rings. The molecule has 0 bridgehead atoms. The van der Waals surface area contributed by atoms with Gasteiger partial charge in [-0.25, -0.2) is 0 Å². The van der Waals surface area contributed by atoms with Gasteiger partial charge in [0.05, 0.1) is 0 Å². The average Bonchev–Trinajstić information content (AvgIpc) is 1.89. The molecular formula is C7H9BrClN. The third-order valence-electron chi connectivity index (χ3n) is 1.18. The van der Waals surface area contributed by atoms with E-state index in [0.29, 0.717) is 6.54 Å². The summed E-state index contributed by atoms with van der Waals surface area (Å²) >= 11 is 3.38. The van der Waals surface area contributed by atoms with Gasteiger partial charge in [-0.2, -0.15) is 0 Å². The number of rotatable bonds is 1. The number of hydrogen-bond donors (Lipinski definition) is 1. The van der Waals surface area contributed by atoms with Gasteiger partial charge in [0.25, 0.3) is 0 Å². The second-order valence-corrected chi connectivity index (χ2v) is 2.65. The first kappa shape index (κ1) is 9.95. The van der Waals surface area contributed by atoms with Crippen molar-refractivity contribution in [2.45, 2.75) is 6.54 Å². The maximum absolute atomic E-state index is 5.42. The van der Waals surface area contributed by atoms with E-state index in [-0.39, 0.29) is 12.4 Å². The molecule has 0 aliphatic heterocycles. The van der Waals surface area contributed by atoms with Crippen molar-refractivity contribution in [3.63, 3.8) is 0 Å². The first-order valence-corrected chi connectivity index (χ1v) is 3.57. The van der Waals surface area contributed by atoms with Crippen LogP contribution in [0.1, 0.15) is 5.56 Å². The lowest BCUT2D eigenvalue weighted by Gasteiger charge is -1.96. The Balaban J connectivity index is 0.000000810. The van der Waals surface area contributed by atoms with Gasteiger partial charge in [-0.05, 0) is 11.6 Å². The molecule has 0 atom stereocenters. The van der Waals surface area contributed by atoms with Crippen molar-refractivity contribution in [2.75, 3.05) is 0 Å². The minimum absolute atomic E-state index is 0. The van der Waals surface area contributed by atoms with E-state index in [9.17, 15) is 0 Å². The van der Waals surface area contributed by atoms with Crippen molar-refractivity contribution in [1.29, 1.82) is 0 Å². The summed E-state index contributed by atoms with van der Waals surface area (Å²) < 4.78 is 1.09. The van der Waals surface area contributed by atoms with Crippen LogP contribution < -0.4 is 5.73 Å². The highest BCUT2D eigenvalue weighted by Gasteiger charge is 1.91. The summed E-state index contributed by atoms with van der Waals surface area (Å²) in [7, 11) is 0. The molecule has 1 aromatic rings. The van der Waals surface area contributed by atoms with E-state index in [4.69, 9.17) is 5.73 Å². The quantitative estimate of drug-likeness (QED) is 0.784. The van der Waals surface area contributed by atoms with Gasteiger partial charge in [-0.15, -0.1) is 12.4 Å². The Kier molecular flexibility index (Phi) is 4.69. The van der Waals surface area contributed by atoms with Gasteiger partial charge in [0.15, 0.2) is 0 Å². The van der Waals surface area contributed by atoms with E-state index in [1.54, 1.807) is 0 Å². The number of hydrogen-bond acceptors (Lipinski definition) is 1. The topological polar surface area (TPSA) is 26.0 Å². The SMILES string of the molecule is Cl.NC[13c]1[13cH][13cH][13cH][13cH][13c]1Br.